The third-order valence-corrected chi connectivity index (χ3v) is 6.20. The summed E-state index contributed by atoms with van der Waals surface area (Å²) >= 11 is 6.16. The lowest BCUT2D eigenvalue weighted by Gasteiger charge is -2.20. The molecule has 2 aliphatic rings. The highest BCUT2D eigenvalue weighted by Crippen LogP contribution is 2.55. The van der Waals surface area contributed by atoms with Gasteiger partial charge in [-0.05, 0) is 55.2 Å². The van der Waals surface area contributed by atoms with Crippen LogP contribution in [-0.4, -0.2) is 11.9 Å². The van der Waals surface area contributed by atoms with Gasteiger partial charge in [-0.1, -0.05) is 11.6 Å². The molecule has 1 aromatic heterocycles. The van der Waals surface area contributed by atoms with Crippen molar-refractivity contribution in [2.45, 2.75) is 32.2 Å². The van der Waals surface area contributed by atoms with Crippen molar-refractivity contribution in [1.29, 1.82) is 0 Å². The molecule has 1 heterocycles. The van der Waals surface area contributed by atoms with Crippen molar-refractivity contribution in [3.05, 3.63) is 52.2 Å². The van der Waals surface area contributed by atoms with Crippen LogP contribution in [0.5, 0.6) is 0 Å². The zero-order valence-electron chi connectivity index (χ0n) is 14.9. The highest BCUT2D eigenvalue weighted by Gasteiger charge is 2.48. The molecule has 142 valence electrons. The number of carbonyl (C=O) groups is 1. The van der Waals surface area contributed by atoms with E-state index < -0.39 is 11.9 Å². The molecule has 7 heteroatoms. The van der Waals surface area contributed by atoms with Crippen molar-refractivity contribution in [3.63, 3.8) is 0 Å². The number of halogens is 2. The monoisotopic (exact) mass is 389 g/mol. The fraction of sp³-hybridized carbons (Fsp3) is 0.400. The molecular weight excluding hydrogens is 369 g/mol. The maximum absolute atomic E-state index is 14.7. The topological polar surface area (TPSA) is 82.1 Å². The van der Waals surface area contributed by atoms with Crippen LogP contribution in [0.1, 0.15) is 25.0 Å². The second kappa shape index (κ2) is 6.77. The van der Waals surface area contributed by atoms with E-state index in [2.05, 4.69) is 5.32 Å². The molecule has 1 amide bonds. The van der Waals surface area contributed by atoms with Crippen molar-refractivity contribution >= 4 is 23.2 Å². The highest BCUT2D eigenvalue weighted by atomic mass is 35.5. The first-order valence-electron chi connectivity index (χ1n) is 9.09. The Morgan fingerprint density at radius 2 is 2.04 bits per heavy atom. The van der Waals surface area contributed by atoms with Crippen molar-refractivity contribution < 1.29 is 13.9 Å². The molecule has 0 spiro atoms. The maximum atomic E-state index is 14.7. The van der Waals surface area contributed by atoms with E-state index in [-0.39, 0.29) is 22.4 Å². The van der Waals surface area contributed by atoms with Gasteiger partial charge in [-0.25, -0.2) is 4.39 Å². The molecular formula is C20H21ClFN3O2. The van der Waals surface area contributed by atoms with Crippen LogP contribution in [0.3, 0.4) is 0 Å². The first-order valence-corrected chi connectivity index (χ1v) is 9.47. The van der Waals surface area contributed by atoms with Gasteiger partial charge in [-0.3, -0.25) is 4.79 Å². The number of hydrogen-bond donors (Lipinski definition) is 2. The predicted molar refractivity (Wildman–Crippen MR) is 101 cm³/mol. The smallest absolute Gasteiger partial charge is 0.241 e. The summed E-state index contributed by atoms with van der Waals surface area (Å²) in [5, 5.41) is 14.8. The third-order valence-electron chi connectivity index (χ3n) is 5.88. The number of nitrogens with two attached hydrogens (primary N) is 1. The van der Waals surface area contributed by atoms with Gasteiger partial charge >= 0.3 is 0 Å². The Kier molecular flexibility index (Phi) is 4.56. The summed E-state index contributed by atoms with van der Waals surface area (Å²) < 4.78 is 15.3. The number of aromatic nitrogens is 1. The van der Waals surface area contributed by atoms with Gasteiger partial charge in [0.25, 0.3) is 0 Å². The molecule has 2 fully saturated rings. The Bertz CT molecular complexity index is 910. The minimum Gasteiger partial charge on any atom is -0.618 e. The number of carbonyl (C=O) groups excluding carboxylic acids is 1. The molecule has 2 saturated carbocycles. The van der Waals surface area contributed by atoms with E-state index in [4.69, 9.17) is 17.3 Å². The molecule has 0 aliphatic heterocycles. The number of rotatable bonds is 4. The predicted octanol–water partition coefficient (Wildman–Crippen LogP) is 3.40. The molecule has 3 N–H and O–H groups in total. The first kappa shape index (κ1) is 18.2. The zero-order chi connectivity index (χ0) is 19.3. The summed E-state index contributed by atoms with van der Waals surface area (Å²) in [5.41, 5.74) is 7.29. The van der Waals surface area contributed by atoms with Gasteiger partial charge in [-0.2, -0.15) is 4.73 Å². The summed E-state index contributed by atoms with van der Waals surface area (Å²) in [5.74, 6) is 0.831. The molecule has 1 aromatic carbocycles. The van der Waals surface area contributed by atoms with Crippen molar-refractivity contribution in [1.82, 2.24) is 0 Å². The third kappa shape index (κ3) is 3.39. The van der Waals surface area contributed by atoms with Gasteiger partial charge in [0.15, 0.2) is 11.9 Å². The van der Waals surface area contributed by atoms with Gasteiger partial charge in [0, 0.05) is 24.2 Å². The molecule has 2 aromatic rings. The molecule has 2 aliphatic carbocycles. The standard InChI is InChI=1S/C20H21ClFN3O2/c1-10-18(16(21)4-5-25(10)27)15-3-2-14(9-17(15)22)24-20(26)19(23)13-7-11-6-12(11)8-13/h2-5,9,11-13,19H,6-8,23H2,1H3,(H,24,26). The summed E-state index contributed by atoms with van der Waals surface area (Å²) in [7, 11) is 0. The van der Waals surface area contributed by atoms with E-state index in [1.165, 1.54) is 30.8 Å². The summed E-state index contributed by atoms with van der Waals surface area (Å²) in [6.07, 6.45) is 4.56. The minimum absolute atomic E-state index is 0.205. The second-order valence-electron chi connectivity index (χ2n) is 7.65. The molecule has 5 nitrogen and oxygen atoms in total. The summed E-state index contributed by atoms with van der Waals surface area (Å²) in [4.78, 5) is 12.4. The molecule has 4 rings (SSSR count). The Morgan fingerprint density at radius 1 is 1.33 bits per heavy atom. The number of nitrogens with one attached hydrogen (secondary N) is 1. The van der Waals surface area contributed by atoms with E-state index in [9.17, 15) is 14.4 Å². The second-order valence-corrected chi connectivity index (χ2v) is 8.05. The molecule has 3 atom stereocenters. The van der Waals surface area contributed by atoms with Crippen LogP contribution in [0.2, 0.25) is 5.02 Å². The lowest BCUT2D eigenvalue weighted by atomic mass is 9.94. The number of anilines is 1. The molecule has 0 bridgehead atoms. The number of pyridine rings is 1. The number of fused-ring (bicyclic) bond motifs is 1. The molecule has 0 saturated heterocycles. The number of hydrogen-bond acceptors (Lipinski definition) is 3. The van der Waals surface area contributed by atoms with Gasteiger partial charge in [0.1, 0.15) is 5.82 Å². The van der Waals surface area contributed by atoms with Crippen LogP contribution in [0.15, 0.2) is 30.5 Å². The Labute approximate surface area is 161 Å². The van der Waals surface area contributed by atoms with Crippen molar-refractivity contribution in [3.8, 4) is 11.1 Å². The van der Waals surface area contributed by atoms with E-state index in [1.54, 1.807) is 13.0 Å². The fourth-order valence-electron chi connectivity index (χ4n) is 4.22. The van der Waals surface area contributed by atoms with Gasteiger partial charge in [-0.15, -0.1) is 0 Å². The van der Waals surface area contributed by atoms with Gasteiger partial charge in [0.2, 0.25) is 5.91 Å². The van der Waals surface area contributed by atoms with Crippen molar-refractivity contribution in [2.75, 3.05) is 5.32 Å². The summed E-state index contributed by atoms with van der Waals surface area (Å²) in [6, 6.07) is 5.18. The number of nitrogens with zero attached hydrogens (tertiary/aromatic N) is 1. The van der Waals surface area contributed by atoms with Crippen LogP contribution >= 0.6 is 11.6 Å². The van der Waals surface area contributed by atoms with Crippen LogP contribution in [0, 0.1) is 35.7 Å². The van der Waals surface area contributed by atoms with Crippen LogP contribution in [0.25, 0.3) is 11.1 Å². The normalized spacial score (nSPS) is 24.4. The lowest BCUT2D eigenvalue weighted by Crippen LogP contribution is -2.41. The zero-order valence-corrected chi connectivity index (χ0v) is 15.7. The lowest BCUT2D eigenvalue weighted by molar-refractivity contribution is -0.611. The van der Waals surface area contributed by atoms with Crippen LogP contribution < -0.4 is 15.8 Å². The minimum atomic E-state index is -0.578. The molecule has 27 heavy (non-hydrogen) atoms. The van der Waals surface area contributed by atoms with E-state index >= 15 is 0 Å². The fourth-order valence-corrected chi connectivity index (χ4v) is 4.52. The Morgan fingerprint density at radius 3 is 2.70 bits per heavy atom. The van der Waals surface area contributed by atoms with Crippen LogP contribution in [0.4, 0.5) is 10.1 Å². The van der Waals surface area contributed by atoms with Gasteiger partial charge < -0.3 is 16.3 Å². The number of amides is 1. The van der Waals surface area contributed by atoms with E-state index in [0.29, 0.717) is 21.7 Å². The highest BCUT2D eigenvalue weighted by molar-refractivity contribution is 6.33. The maximum Gasteiger partial charge on any atom is 0.241 e. The molecule has 3 unspecified atom stereocenters. The Hall–Kier alpha value is -2.18. The average molecular weight is 390 g/mol. The van der Waals surface area contributed by atoms with Crippen molar-refractivity contribution in [2.24, 2.45) is 23.5 Å². The van der Waals surface area contributed by atoms with Gasteiger partial charge in [0.05, 0.1) is 16.6 Å². The quantitative estimate of drug-likeness (QED) is 0.621. The first-order chi connectivity index (χ1) is 12.8. The Balaban J connectivity index is 1.52. The molecule has 0 radical (unpaired) electrons. The largest absolute Gasteiger partial charge is 0.618 e. The summed E-state index contributed by atoms with van der Waals surface area (Å²) in [6.45, 7) is 1.58. The van der Waals surface area contributed by atoms with Crippen LogP contribution in [-0.2, 0) is 4.79 Å². The van der Waals surface area contributed by atoms with E-state index in [0.717, 1.165) is 24.7 Å². The average Bonchev–Trinajstić information content (AvgIpc) is 3.25. The number of benzene rings is 1. The SMILES string of the molecule is Cc1c(-c2ccc(NC(=O)C(N)C3CC4CC4C3)cc2F)c(Cl)cc[n+]1[O-]. The van der Waals surface area contributed by atoms with E-state index in [1.807, 2.05) is 0 Å².